The van der Waals surface area contributed by atoms with Crippen LogP contribution in [-0.4, -0.2) is 25.5 Å². The van der Waals surface area contributed by atoms with Crippen molar-refractivity contribution in [2.45, 2.75) is 19.9 Å². The minimum Gasteiger partial charge on any atom is -0.495 e. The molecule has 1 aliphatic rings. The first-order valence-electron chi connectivity index (χ1n) is 10.7. The highest BCUT2D eigenvalue weighted by Gasteiger charge is 2.38. The van der Waals surface area contributed by atoms with Crippen LogP contribution in [0, 0.1) is 12.8 Å². The van der Waals surface area contributed by atoms with Crippen LogP contribution in [0.2, 0.25) is 0 Å². The van der Waals surface area contributed by atoms with Gasteiger partial charge in [0, 0.05) is 29.9 Å². The fourth-order valence-corrected chi connectivity index (χ4v) is 4.41. The van der Waals surface area contributed by atoms with Gasteiger partial charge in [0.25, 0.3) is 0 Å². The first-order chi connectivity index (χ1) is 15.5. The van der Waals surface area contributed by atoms with Crippen molar-refractivity contribution in [2.75, 3.05) is 18.6 Å². The van der Waals surface area contributed by atoms with E-state index < -0.39 is 5.92 Å². The van der Waals surface area contributed by atoms with Crippen LogP contribution >= 0.6 is 0 Å². The van der Waals surface area contributed by atoms with Gasteiger partial charge in [-0.2, -0.15) is 0 Å². The Morgan fingerprint density at radius 3 is 2.75 bits per heavy atom. The van der Waals surface area contributed by atoms with E-state index in [1.807, 2.05) is 67.6 Å². The Labute approximate surface area is 185 Å². The monoisotopic (exact) mass is 428 g/mol. The number of amides is 2. The number of para-hydroxylation sites is 1. The number of rotatable bonds is 5. The van der Waals surface area contributed by atoms with Gasteiger partial charge < -0.3 is 19.4 Å². The number of benzene rings is 3. The Kier molecular flexibility index (Phi) is 5.05. The first-order valence-corrected chi connectivity index (χ1v) is 10.7. The molecular weight excluding hydrogens is 404 g/mol. The highest BCUT2D eigenvalue weighted by molar-refractivity contribution is 6.12. The number of ether oxygens (including phenoxy) is 1. The molecule has 1 fully saturated rings. The van der Waals surface area contributed by atoms with Gasteiger partial charge in [-0.3, -0.25) is 9.59 Å². The first kappa shape index (κ1) is 20.1. The minimum absolute atomic E-state index is 0.222. The Morgan fingerprint density at radius 2 is 1.94 bits per heavy atom. The van der Waals surface area contributed by atoms with Gasteiger partial charge in [-0.25, -0.2) is 0 Å². The highest BCUT2D eigenvalue weighted by Crippen LogP contribution is 2.40. The summed E-state index contributed by atoms with van der Waals surface area (Å²) in [5.41, 5.74) is 4.23. The number of fused-ring (bicyclic) bond motifs is 3. The van der Waals surface area contributed by atoms with Crippen molar-refractivity contribution in [3.05, 3.63) is 71.8 Å². The molecule has 1 aliphatic heterocycles. The second-order valence-corrected chi connectivity index (χ2v) is 8.16. The summed E-state index contributed by atoms with van der Waals surface area (Å²) in [6.45, 7) is 2.86. The van der Waals surface area contributed by atoms with E-state index in [0.29, 0.717) is 36.5 Å². The second kappa shape index (κ2) is 8.04. The van der Waals surface area contributed by atoms with Crippen LogP contribution in [0.4, 0.5) is 5.69 Å². The molecule has 162 valence electrons. The molecule has 1 aromatic heterocycles. The van der Waals surface area contributed by atoms with Gasteiger partial charge in [-0.1, -0.05) is 48.0 Å². The van der Waals surface area contributed by atoms with Gasteiger partial charge in [0.05, 0.1) is 12.8 Å². The van der Waals surface area contributed by atoms with E-state index in [1.165, 1.54) is 0 Å². The van der Waals surface area contributed by atoms with Crippen molar-refractivity contribution in [3.63, 3.8) is 0 Å². The lowest BCUT2D eigenvalue weighted by Crippen LogP contribution is -2.36. The smallest absolute Gasteiger partial charge is 0.239 e. The molecule has 1 saturated heterocycles. The molecule has 5 rings (SSSR count). The number of anilines is 1. The molecular formula is C26H24N2O4. The van der Waals surface area contributed by atoms with Gasteiger partial charge in [0.15, 0.2) is 0 Å². The Balaban J connectivity index is 1.39. The number of hydrogen-bond donors (Lipinski definition) is 1. The standard InChI is InChI=1S/C26H24N2O4/c1-16-6-5-7-17(12-16)15-27-25(29)19-10-11-28(26(19)30)21-14-23-20(13-24(21)31-2)18-8-3-4-9-22(18)32-23/h3-9,12-14,19H,10-11,15H2,1-2H3,(H,27,29). The lowest BCUT2D eigenvalue weighted by molar-refractivity contribution is -0.132. The number of nitrogens with zero attached hydrogens (tertiary/aromatic N) is 1. The predicted molar refractivity (Wildman–Crippen MR) is 124 cm³/mol. The molecule has 0 saturated carbocycles. The number of hydrogen-bond acceptors (Lipinski definition) is 4. The van der Waals surface area contributed by atoms with Crippen molar-refractivity contribution in [1.29, 1.82) is 0 Å². The Bertz CT molecular complexity index is 1340. The molecule has 0 bridgehead atoms. The fourth-order valence-electron chi connectivity index (χ4n) is 4.41. The van der Waals surface area contributed by atoms with Gasteiger partial charge in [-0.15, -0.1) is 0 Å². The average molecular weight is 428 g/mol. The van der Waals surface area contributed by atoms with Gasteiger partial charge in [0.2, 0.25) is 11.8 Å². The molecule has 0 radical (unpaired) electrons. The lowest BCUT2D eigenvalue weighted by Gasteiger charge is -2.19. The van der Waals surface area contributed by atoms with Crippen molar-refractivity contribution < 1.29 is 18.7 Å². The second-order valence-electron chi connectivity index (χ2n) is 8.16. The maximum absolute atomic E-state index is 13.2. The summed E-state index contributed by atoms with van der Waals surface area (Å²) in [5, 5.41) is 4.84. The summed E-state index contributed by atoms with van der Waals surface area (Å²) in [4.78, 5) is 27.6. The zero-order valence-corrected chi connectivity index (χ0v) is 18.1. The molecule has 0 aliphatic carbocycles. The number of nitrogens with one attached hydrogen (secondary N) is 1. The SMILES string of the molecule is COc1cc2c(cc1N1CCC(C(=O)NCc3cccc(C)c3)C1=O)oc1ccccc12. The predicted octanol–water partition coefficient (Wildman–Crippen LogP) is 4.57. The third-order valence-corrected chi connectivity index (χ3v) is 6.04. The molecule has 6 heteroatoms. The summed E-state index contributed by atoms with van der Waals surface area (Å²) < 4.78 is 11.6. The van der Waals surface area contributed by atoms with Gasteiger partial charge >= 0.3 is 0 Å². The molecule has 1 N–H and O–H groups in total. The number of carbonyl (C=O) groups is 2. The molecule has 2 amide bonds. The van der Waals surface area contributed by atoms with Crippen LogP contribution in [-0.2, 0) is 16.1 Å². The summed E-state index contributed by atoms with van der Waals surface area (Å²) in [6, 6.07) is 19.5. The molecule has 0 spiro atoms. The number of furan rings is 1. The molecule has 1 unspecified atom stereocenters. The van der Waals surface area contributed by atoms with E-state index in [0.717, 1.165) is 27.5 Å². The molecule has 4 aromatic rings. The normalized spacial score (nSPS) is 16.1. The lowest BCUT2D eigenvalue weighted by atomic mass is 10.1. The third kappa shape index (κ3) is 3.47. The van der Waals surface area contributed by atoms with E-state index in [2.05, 4.69) is 5.32 Å². The average Bonchev–Trinajstić information content (AvgIpc) is 3.36. The van der Waals surface area contributed by atoms with E-state index in [9.17, 15) is 9.59 Å². The number of methoxy groups -OCH3 is 1. The van der Waals surface area contributed by atoms with Crippen LogP contribution in [0.25, 0.3) is 21.9 Å². The summed E-state index contributed by atoms with van der Waals surface area (Å²) in [6.07, 6.45) is 0.458. The van der Waals surface area contributed by atoms with E-state index in [4.69, 9.17) is 9.15 Å². The zero-order chi connectivity index (χ0) is 22.2. The molecule has 2 heterocycles. The number of carbonyl (C=O) groups excluding carboxylic acids is 2. The van der Waals surface area contributed by atoms with Crippen LogP contribution in [0.5, 0.6) is 5.75 Å². The van der Waals surface area contributed by atoms with Crippen LogP contribution in [0.15, 0.2) is 65.1 Å². The molecule has 32 heavy (non-hydrogen) atoms. The molecule has 6 nitrogen and oxygen atoms in total. The fraction of sp³-hybridized carbons (Fsp3) is 0.231. The zero-order valence-electron chi connectivity index (χ0n) is 18.1. The van der Waals surface area contributed by atoms with Gasteiger partial charge in [0.1, 0.15) is 22.8 Å². The van der Waals surface area contributed by atoms with Crippen LogP contribution < -0.4 is 15.0 Å². The van der Waals surface area contributed by atoms with E-state index in [-0.39, 0.29) is 11.8 Å². The van der Waals surface area contributed by atoms with Crippen molar-refractivity contribution in [2.24, 2.45) is 5.92 Å². The maximum atomic E-state index is 13.2. The largest absolute Gasteiger partial charge is 0.495 e. The van der Waals surface area contributed by atoms with E-state index >= 15 is 0 Å². The maximum Gasteiger partial charge on any atom is 0.239 e. The summed E-state index contributed by atoms with van der Waals surface area (Å²) >= 11 is 0. The Hall–Kier alpha value is -3.80. The summed E-state index contributed by atoms with van der Waals surface area (Å²) in [7, 11) is 1.58. The molecule has 1 atom stereocenters. The number of aryl methyl sites for hydroxylation is 1. The highest BCUT2D eigenvalue weighted by atomic mass is 16.5. The quantitative estimate of drug-likeness (QED) is 0.473. The van der Waals surface area contributed by atoms with Gasteiger partial charge in [-0.05, 0) is 31.0 Å². The van der Waals surface area contributed by atoms with Crippen molar-refractivity contribution in [1.82, 2.24) is 5.32 Å². The minimum atomic E-state index is -0.712. The summed E-state index contributed by atoms with van der Waals surface area (Å²) in [5.74, 6) is -0.600. The van der Waals surface area contributed by atoms with Crippen molar-refractivity contribution in [3.8, 4) is 5.75 Å². The van der Waals surface area contributed by atoms with Crippen molar-refractivity contribution >= 4 is 39.4 Å². The van der Waals surface area contributed by atoms with Crippen LogP contribution in [0.3, 0.4) is 0 Å². The van der Waals surface area contributed by atoms with Crippen LogP contribution in [0.1, 0.15) is 17.5 Å². The van der Waals surface area contributed by atoms with E-state index in [1.54, 1.807) is 12.0 Å². The Morgan fingerprint density at radius 1 is 1.09 bits per heavy atom. The molecule has 3 aromatic carbocycles. The topological polar surface area (TPSA) is 71.8 Å². The third-order valence-electron chi connectivity index (χ3n) is 6.04.